The second-order valence-electron chi connectivity index (χ2n) is 7.69. The van der Waals surface area contributed by atoms with E-state index in [1.165, 1.54) is 55.2 Å². The first-order valence-corrected chi connectivity index (χ1v) is 9.57. The summed E-state index contributed by atoms with van der Waals surface area (Å²) >= 11 is 0. The largest absolute Gasteiger partial charge is 0.362 e. The van der Waals surface area contributed by atoms with Gasteiger partial charge in [-0.05, 0) is 48.8 Å². The predicted octanol–water partition coefficient (Wildman–Crippen LogP) is 4.99. The third-order valence-corrected chi connectivity index (χ3v) is 5.69. The van der Waals surface area contributed by atoms with E-state index in [1.54, 1.807) is 0 Å². The molecular weight excluding hydrogens is 292 g/mol. The van der Waals surface area contributed by atoms with Crippen LogP contribution in [0.2, 0.25) is 0 Å². The maximum absolute atomic E-state index is 4.14. The first-order valence-electron chi connectivity index (χ1n) is 9.57. The molecule has 1 heterocycles. The minimum Gasteiger partial charge on any atom is -0.362 e. The number of piperidine rings is 1. The van der Waals surface area contributed by atoms with Crippen molar-refractivity contribution in [3.63, 3.8) is 0 Å². The standard InChI is InChI=1S/C22H32N2/c1-16-9-11-20(13-19-7-5-4-6-8-19)14-21(16)15-23-22-12-10-17(2)24-18(22)3/h9,11,14,19,22-24H,2-8,10,12-13,15H2,1H3. The molecule has 0 bridgehead atoms. The average molecular weight is 325 g/mol. The van der Waals surface area contributed by atoms with Crippen molar-refractivity contribution in [1.82, 2.24) is 10.6 Å². The number of aryl methyl sites for hydroxylation is 1. The minimum atomic E-state index is 0.344. The lowest BCUT2D eigenvalue weighted by atomic mass is 9.84. The van der Waals surface area contributed by atoms with Gasteiger partial charge in [0.25, 0.3) is 0 Å². The van der Waals surface area contributed by atoms with Crippen molar-refractivity contribution in [2.24, 2.45) is 5.92 Å². The van der Waals surface area contributed by atoms with Crippen molar-refractivity contribution in [2.75, 3.05) is 0 Å². The minimum absolute atomic E-state index is 0.344. The van der Waals surface area contributed by atoms with Crippen LogP contribution in [0.3, 0.4) is 0 Å². The van der Waals surface area contributed by atoms with Crippen LogP contribution in [0, 0.1) is 12.8 Å². The molecule has 24 heavy (non-hydrogen) atoms. The summed E-state index contributed by atoms with van der Waals surface area (Å²) in [4.78, 5) is 0. The van der Waals surface area contributed by atoms with Crippen LogP contribution >= 0.6 is 0 Å². The summed E-state index contributed by atoms with van der Waals surface area (Å²) in [7, 11) is 0. The lowest BCUT2D eigenvalue weighted by Gasteiger charge is -2.29. The summed E-state index contributed by atoms with van der Waals surface area (Å²) < 4.78 is 0. The zero-order valence-electron chi connectivity index (χ0n) is 15.2. The van der Waals surface area contributed by atoms with Gasteiger partial charge in [-0.3, -0.25) is 0 Å². The van der Waals surface area contributed by atoms with Gasteiger partial charge in [0.15, 0.2) is 0 Å². The van der Waals surface area contributed by atoms with Gasteiger partial charge >= 0.3 is 0 Å². The normalized spacial score (nSPS) is 22.5. The molecule has 1 aromatic carbocycles. The van der Waals surface area contributed by atoms with Crippen molar-refractivity contribution in [2.45, 2.75) is 70.9 Å². The highest BCUT2D eigenvalue weighted by atomic mass is 15.0. The molecule has 2 aliphatic rings. The number of allylic oxidation sites excluding steroid dienone is 1. The molecule has 2 nitrogen and oxygen atoms in total. The Morgan fingerprint density at radius 2 is 1.92 bits per heavy atom. The van der Waals surface area contributed by atoms with E-state index in [4.69, 9.17) is 0 Å². The molecule has 1 atom stereocenters. The van der Waals surface area contributed by atoms with Crippen LogP contribution in [-0.2, 0) is 13.0 Å². The van der Waals surface area contributed by atoms with Crippen LogP contribution in [-0.4, -0.2) is 6.04 Å². The van der Waals surface area contributed by atoms with E-state index < -0.39 is 0 Å². The van der Waals surface area contributed by atoms with Crippen molar-refractivity contribution in [3.8, 4) is 0 Å². The smallest absolute Gasteiger partial charge is 0.0473 e. The molecule has 2 N–H and O–H groups in total. The van der Waals surface area contributed by atoms with Crippen molar-refractivity contribution in [1.29, 1.82) is 0 Å². The number of nitrogens with one attached hydrogen (secondary N) is 2. The maximum Gasteiger partial charge on any atom is 0.0473 e. The second-order valence-corrected chi connectivity index (χ2v) is 7.69. The van der Waals surface area contributed by atoms with Gasteiger partial charge in [-0.15, -0.1) is 0 Å². The molecule has 3 rings (SSSR count). The van der Waals surface area contributed by atoms with Gasteiger partial charge in [0.05, 0.1) is 0 Å². The third-order valence-electron chi connectivity index (χ3n) is 5.69. The highest BCUT2D eigenvalue weighted by molar-refractivity contribution is 5.32. The fourth-order valence-corrected chi connectivity index (χ4v) is 4.09. The quantitative estimate of drug-likeness (QED) is 0.797. The zero-order chi connectivity index (χ0) is 16.9. The highest BCUT2D eigenvalue weighted by Crippen LogP contribution is 2.27. The van der Waals surface area contributed by atoms with Crippen molar-refractivity contribution in [3.05, 3.63) is 59.4 Å². The predicted molar refractivity (Wildman–Crippen MR) is 103 cm³/mol. The molecule has 1 aliphatic carbocycles. The van der Waals surface area contributed by atoms with Crippen LogP contribution < -0.4 is 10.6 Å². The summed E-state index contributed by atoms with van der Waals surface area (Å²) in [6, 6.07) is 7.40. The SMILES string of the molecule is C=C1CCC(NCc2cc(CC3CCCCC3)ccc2C)C(=C)N1. The molecule has 1 unspecified atom stereocenters. The summed E-state index contributed by atoms with van der Waals surface area (Å²) in [5.74, 6) is 0.899. The average Bonchev–Trinajstić information content (AvgIpc) is 2.57. The van der Waals surface area contributed by atoms with Crippen LogP contribution in [0.25, 0.3) is 0 Å². The van der Waals surface area contributed by atoms with E-state index in [0.29, 0.717) is 6.04 Å². The molecule has 0 amide bonds. The molecular formula is C22H32N2. The van der Waals surface area contributed by atoms with Crippen LogP contribution in [0.15, 0.2) is 42.8 Å². The summed E-state index contributed by atoms with van der Waals surface area (Å²) in [6.45, 7) is 11.3. The Kier molecular flexibility index (Phi) is 5.78. The van der Waals surface area contributed by atoms with Gasteiger partial charge in [-0.1, -0.05) is 63.5 Å². The van der Waals surface area contributed by atoms with Gasteiger partial charge in [0.2, 0.25) is 0 Å². The Bertz CT molecular complexity index is 596. The monoisotopic (exact) mass is 324 g/mol. The fraction of sp³-hybridized carbons (Fsp3) is 0.545. The fourth-order valence-electron chi connectivity index (χ4n) is 4.09. The molecule has 1 aromatic rings. The third kappa shape index (κ3) is 4.51. The van der Waals surface area contributed by atoms with E-state index in [0.717, 1.165) is 36.7 Å². The molecule has 1 aliphatic heterocycles. The molecule has 1 saturated carbocycles. The van der Waals surface area contributed by atoms with Crippen LogP contribution in [0.4, 0.5) is 0 Å². The van der Waals surface area contributed by atoms with E-state index >= 15 is 0 Å². The maximum atomic E-state index is 4.14. The molecule has 0 spiro atoms. The van der Waals surface area contributed by atoms with Gasteiger partial charge in [-0.25, -0.2) is 0 Å². The van der Waals surface area contributed by atoms with Gasteiger partial charge in [0.1, 0.15) is 0 Å². The molecule has 2 fully saturated rings. The van der Waals surface area contributed by atoms with E-state index in [2.05, 4.69) is 48.9 Å². The van der Waals surface area contributed by atoms with Gasteiger partial charge < -0.3 is 10.6 Å². The summed E-state index contributed by atoms with van der Waals surface area (Å²) in [5.41, 5.74) is 6.47. The van der Waals surface area contributed by atoms with E-state index in [9.17, 15) is 0 Å². The zero-order valence-corrected chi connectivity index (χ0v) is 15.2. The summed E-state index contributed by atoms with van der Waals surface area (Å²) in [5, 5.41) is 6.97. The molecule has 1 saturated heterocycles. The Labute approximate surface area is 147 Å². The number of hydrogen-bond acceptors (Lipinski definition) is 2. The Hall–Kier alpha value is -1.54. The van der Waals surface area contributed by atoms with Gasteiger partial charge in [-0.2, -0.15) is 0 Å². The van der Waals surface area contributed by atoms with E-state index in [1.807, 2.05) is 0 Å². The molecule has 0 aromatic heterocycles. The van der Waals surface area contributed by atoms with Crippen LogP contribution in [0.5, 0.6) is 0 Å². The number of hydrogen-bond donors (Lipinski definition) is 2. The highest BCUT2D eigenvalue weighted by Gasteiger charge is 2.19. The first-order chi connectivity index (χ1) is 11.6. The van der Waals surface area contributed by atoms with Crippen LogP contribution in [0.1, 0.15) is 61.6 Å². The molecule has 130 valence electrons. The Balaban J connectivity index is 1.59. The Morgan fingerprint density at radius 3 is 2.67 bits per heavy atom. The number of rotatable bonds is 5. The summed E-state index contributed by atoms with van der Waals surface area (Å²) in [6.07, 6.45) is 10.5. The second kappa shape index (κ2) is 8.02. The van der Waals surface area contributed by atoms with Crippen molar-refractivity contribution < 1.29 is 0 Å². The van der Waals surface area contributed by atoms with Crippen molar-refractivity contribution >= 4 is 0 Å². The Morgan fingerprint density at radius 1 is 1.12 bits per heavy atom. The van der Waals surface area contributed by atoms with E-state index in [-0.39, 0.29) is 0 Å². The topological polar surface area (TPSA) is 24.1 Å². The first kappa shape index (κ1) is 17.3. The van der Waals surface area contributed by atoms with Gasteiger partial charge in [0, 0.05) is 24.0 Å². The molecule has 0 radical (unpaired) electrons. The number of benzene rings is 1. The molecule has 2 heteroatoms. The lowest BCUT2D eigenvalue weighted by Crippen LogP contribution is -2.39. The lowest BCUT2D eigenvalue weighted by molar-refractivity contribution is 0.356.